The zero-order valence-corrected chi connectivity index (χ0v) is 21.8. The monoisotopic (exact) mass is 531 g/mol. The lowest BCUT2D eigenvalue weighted by molar-refractivity contribution is -0.116. The molecule has 180 valence electrons. The summed E-state index contributed by atoms with van der Waals surface area (Å²) in [6, 6.07) is 27.3. The van der Waals surface area contributed by atoms with Crippen molar-refractivity contribution in [1.82, 2.24) is 19.7 Å². The molecular weight excluding hydrogens is 510 g/mol. The first-order valence-corrected chi connectivity index (χ1v) is 13.5. The highest BCUT2D eigenvalue weighted by Crippen LogP contribution is 2.30. The second kappa shape index (κ2) is 11.1. The van der Waals surface area contributed by atoms with E-state index in [4.69, 9.17) is 16.6 Å². The normalized spacial score (nSPS) is 10.9. The second-order valence-corrected chi connectivity index (χ2v) is 10.2. The van der Waals surface area contributed by atoms with Gasteiger partial charge in [-0.05, 0) is 17.7 Å². The average molecular weight is 532 g/mol. The molecule has 5 rings (SSSR count). The van der Waals surface area contributed by atoms with Crippen molar-refractivity contribution in [3.63, 3.8) is 0 Å². The van der Waals surface area contributed by atoms with Gasteiger partial charge >= 0.3 is 0 Å². The van der Waals surface area contributed by atoms with E-state index >= 15 is 0 Å². The highest BCUT2D eigenvalue weighted by molar-refractivity contribution is 7.99. The van der Waals surface area contributed by atoms with Gasteiger partial charge in [0, 0.05) is 28.6 Å². The van der Waals surface area contributed by atoms with Crippen LogP contribution >= 0.6 is 34.7 Å². The molecule has 9 heteroatoms. The highest BCUT2D eigenvalue weighted by atomic mass is 35.5. The molecule has 0 atom stereocenters. The minimum atomic E-state index is -0.0508. The van der Waals surface area contributed by atoms with E-state index in [1.165, 1.54) is 23.1 Å². The summed E-state index contributed by atoms with van der Waals surface area (Å²) >= 11 is 8.85. The molecule has 6 nitrogen and oxygen atoms in total. The minimum Gasteiger partial charge on any atom is -0.305 e. The molecule has 2 heterocycles. The van der Waals surface area contributed by atoms with E-state index in [-0.39, 0.29) is 11.7 Å². The van der Waals surface area contributed by atoms with Crippen molar-refractivity contribution in [1.29, 1.82) is 0 Å². The molecular formula is C27H22ClN5OS2. The molecule has 0 N–H and O–H groups in total. The highest BCUT2D eigenvalue weighted by Gasteiger charge is 2.22. The van der Waals surface area contributed by atoms with Gasteiger partial charge < -0.3 is 4.57 Å². The molecule has 36 heavy (non-hydrogen) atoms. The van der Waals surface area contributed by atoms with Crippen LogP contribution in [0.5, 0.6) is 0 Å². The van der Waals surface area contributed by atoms with Gasteiger partial charge in [-0.15, -0.1) is 21.5 Å². The van der Waals surface area contributed by atoms with Gasteiger partial charge in [0.1, 0.15) is 0 Å². The van der Waals surface area contributed by atoms with Crippen molar-refractivity contribution >= 4 is 45.7 Å². The van der Waals surface area contributed by atoms with Gasteiger partial charge in [0.15, 0.2) is 16.1 Å². The minimum absolute atomic E-state index is 0.0508. The molecule has 0 aliphatic rings. The Hall–Kier alpha value is -3.46. The predicted octanol–water partition coefficient (Wildman–Crippen LogP) is 6.58. The number of aromatic nitrogens is 4. The molecule has 0 bridgehead atoms. The summed E-state index contributed by atoms with van der Waals surface area (Å²) in [6.45, 7) is 0.432. The summed E-state index contributed by atoms with van der Waals surface area (Å²) in [7, 11) is 1.91. The van der Waals surface area contributed by atoms with E-state index < -0.39 is 0 Å². The van der Waals surface area contributed by atoms with Crippen LogP contribution in [-0.2, 0) is 18.4 Å². The SMILES string of the molecule is Cn1c(SCC(=O)N(Cc2ccccc2)c2nc(-c3ccc(Cl)cc3)cs2)nnc1-c1ccccc1. The van der Waals surface area contributed by atoms with Gasteiger partial charge in [-0.2, -0.15) is 0 Å². The topological polar surface area (TPSA) is 63.9 Å². The fraction of sp³-hybridized carbons (Fsp3) is 0.111. The molecule has 0 aliphatic heterocycles. The van der Waals surface area contributed by atoms with E-state index in [0.29, 0.717) is 21.9 Å². The quantitative estimate of drug-likeness (QED) is 0.211. The molecule has 1 amide bonds. The first-order chi connectivity index (χ1) is 17.6. The number of carbonyl (C=O) groups is 1. The first kappa shape index (κ1) is 24.2. The van der Waals surface area contributed by atoms with E-state index in [9.17, 15) is 4.79 Å². The van der Waals surface area contributed by atoms with Gasteiger partial charge in [-0.1, -0.05) is 96.2 Å². The lowest BCUT2D eigenvalue weighted by Crippen LogP contribution is -2.32. The number of halogens is 1. The number of carbonyl (C=O) groups excluding carboxylic acids is 1. The van der Waals surface area contributed by atoms with Crippen LogP contribution in [0.25, 0.3) is 22.6 Å². The van der Waals surface area contributed by atoms with Gasteiger partial charge in [-0.3, -0.25) is 9.69 Å². The molecule has 0 fully saturated rings. The Labute approximate surface area is 222 Å². The van der Waals surface area contributed by atoms with Gasteiger partial charge in [0.2, 0.25) is 5.91 Å². The third-order valence-electron chi connectivity index (χ3n) is 5.54. The standard InChI is InChI=1S/C27H22ClN5OS2/c1-32-25(21-10-6-3-7-11-21)30-31-27(32)36-18-24(34)33(16-19-8-4-2-5-9-19)26-29-23(17-35-26)20-12-14-22(28)15-13-20/h2-15,17H,16,18H2,1H3. The Bertz CT molecular complexity index is 1450. The van der Waals surface area contributed by atoms with Crippen LogP contribution in [0.1, 0.15) is 5.56 Å². The fourth-order valence-corrected chi connectivity index (χ4v) is 5.42. The number of hydrogen-bond donors (Lipinski definition) is 0. The van der Waals surface area contributed by atoms with Crippen molar-refractivity contribution in [3.8, 4) is 22.6 Å². The van der Waals surface area contributed by atoms with Gasteiger partial charge in [-0.25, -0.2) is 4.98 Å². The third-order valence-corrected chi connectivity index (χ3v) is 7.66. The summed E-state index contributed by atoms with van der Waals surface area (Å²) < 4.78 is 1.91. The van der Waals surface area contributed by atoms with Crippen molar-refractivity contribution < 1.29 is 4.79 Å². The lowest BCUT2D eigenvalue weighted by Gasteiger charge is -2.20. The van der Waals surface area contributed by atoms with Crippen LogP contribution < -0.4 is 4.90 Å². The zero-order chi connectivity index (χ0) is 24.9. The van der Waals surface area contributed by atoms with Crippen molar-refractivity contribution in [2.24, 2.45) is 7.05 Å². The number of thiazole rings is 1. The third kappa shape index (κ3) is 5.51. The zero-order valence-electron chi connectivity index (χ0n) is 19.4. The average Bonchev–Trinajstić information content (AvgIpc) is 3.54. The maximum Gasteiger partial charge on any atom is 0.239 e. The maximum absolute atomic E-state index is 13.5. The lowest BCUT2D eigenvalue weighted by atomic mass is 10.2. The summed E-state index contributed by atoms with van der Waals surface area (Å²) in [5, 5.41) is 12.6. The number of rotatable bonds is 8. The summed E-state index contributed by atoms with van der Waals surface area (Å²) in [5.41, 5.74) is 3.78. The Morgan fingerprint density at radius 3 is 2.36 bits per heavy atom. The molecule has 0 unspecified atom stereocenters. The number of anilines is 1. The Balaban J connectivity index is 1.36. The van der Waals surface area contributed by atoms with E-state index in [2.05, 4.69) is 10.2 Å². The number of thioether (sulfide) groups is 1. The molecule has 0 aliphatic carbocycles. The van der Waals surface area contributed by atoms with E-state index in [0.717, 1.165) is 28.2 Å². The van der Waals surface area contributed by atoms with Crippen LogP contribution in [-0.4, -0.2) is 31.4 Å². The second-order valence-electron chi connectivity index (χ2n) is 8.01. The van der Waals surface area contributed by atoms with Crippen LogP contribution in [0.2, 0.25) is 5.02 Å². The van der Waals surface area contributed by atoms with Gasteiger partial charge in [0.25, 0.3) is 0 Å². The van der Waals surface area contributed by atoms with Crippen molar-refractivity contribution in [2.75, 3.05) is 10.7 Å². The van der Waals surface area contributed by atoms with Crippen molar-refractivity contribution in [2.45, 2.75) is 11.7 Å². The largest absolute Gasteiger partial charge is 0.305 e. The Morgan fingerprint density at radius 2 is 1.64 bits per heavy atom. The van der Waals surface area contributed by atoms with Gasteiger partial charge in [0.05, 0.1) is 18.0 Å². The van der Waals surface area contributed by atoms with Crippen LogP contribution in [0.4, 0.5) is 5.13 Å². The first-order valence-electron chi connectivity index (χ1n) is 11.2. The molecule has 3 aromatic carbocycles. The number of hydrogen-bond acceptors (Lipinski definition) is 6. The molecule has 0 saturated heterocycles. The fourth-order valence-electron chi connectivity index (χ4n) is 3.65. The molecule has 5 aromatic rings. The van der Waals surface area contributed by atoms with Crippen LogP contribution in [0.15, 0.2) is 95.5 Å². The number of benzene rings is 3. The summed E-state index contributed by atoms with van der Waals surface area (Å²) in [6.07, 6.45) is 0. The summed E-state index contributed by atoms with van der Waals surface area (Å²) in [4.78, 5) is 20.0. The van der Waals surface area contributed by atoms with E-state index in [1.54, 1.807) is 4.90 Å². The predicted molar refractivity (Wildman–Crippen MR) is 147 cm³/mol. The Morgan fingerprint density at radius 1 is 0.944 bits per heavy atom. The summed E-state index contributed by atoms with van der Waals surface area (Å²) in [5.74, 6) is 0.924. The molecule has 0 radical (unpaired) electrons. The van der Waals surface area contributed by atoms with Crippen LogP contribution in [0, 0.1) is 0 Å². The smallest absolute Gasteiger partial charge is 0.239 e. The van der Waals surface area contributed by atoms with Crippen LogP contribution in [0.3, 0.4) is 0 Å². The Kier molecular flexibility index (Phi) is 7.46. The molecule has 0 spiro atoms. The van der Waals surface area contributed by atoms with E-state index in [1.807, 2.05) is 102 Å². The molecule has 0 saturated carbocycles. The molecule has 2 aromatic heterocycles. The maximum atomic E-state index is 13.5. The number of amides is 1. The van der Waals surface area contributed by atoms with Crippen molar-refractivity contribution in [3.05, 3.63) is 101 Å². The number of nitrogens with zero attached hydrogens (tertiary/aromatic N) is 5.